The maximum Gasteiger partial charge on any atom is 0.237 e. The Bertz CT molecular complexity index is 1660. The molecular weight excluding hydrogens is 494 g/mol. The van der Waals surface area contributed by atoms with Crippen molar-refractivity contribution in [1.29, 1.82) is 0 Å². The molecule has 4 aromatic carbocycles. The third-order valence-electron chi connectivity index (χ3n) is 6.43. The van der Waals surface area contributed by atoms with Gasteiger partial charge in [0.15, 0.2) is 0 Å². The summed E-state index contributed by atoms with van der Waals surface area (Å²) in [4.78, 5) is 22.8. The molecule has 0 bridgehead atoms. The summed E-state index contributed by atoms with van der Waals surface area (Å²) in [6.07, 6.45) is 1.40. The van der Waals surface area contributed by atoms with Crippen LogP contribution in [-0.4, -0.2) is 15.9 Å². The van der Waals surface area contributed by atoms with E-state index < -0.39 is 5.92 Å². The third kappa shape index (κ3) is 4.56. The smallest absolute Gasteiger partial charge is 0.237 e. The van der Waals surface area contributed by atoms with Crippen molar-refractivity contribution in [3.63, 3.8) is 0 Å². The van der Waals surface area contributed by atoms with Gasteiger partial charge in [0.05, 0.1) is 11.3 Å². The molecule has 6 rings (SSSR count). The van der Waals surface area contributed by atoms with Gasteiger partial charge in [0.1, 0.15) is 17.9 Å². The van der Waals surface area contributed by atoms with Crippen molar-refractivity contribution >= 4 is 34.4 Å². The summed E-state index contributed by atoms with van der Waals surface area (Å²) < 4.78 is 6.29. The highest BCUT2D eigenvalue weighted by Crippen LogP contribution is 2.43. The van der Waals surface area contributed by atoms with Crippen molar-refractivity contribution in [2.45, 2.75) is 5.92 Å². The molecule has 1 N–H and O–H groups in total. The topological polar surface area (TPSA) is 68.0 Å². The first-order valence-corrected chi connectivity index (χ1v) is 12.6. The molecule has 6 aromatic rings. The first-order valence-electron chi connectivity index (χ1n) is 12.2. The van der Waals surface area contributed by atoms with Crippen molar-refractivity contribution in [3.8, 4) is 22.5 Å². The zero-order valence-electron chi connectivity index (χ0n) is 20.2. The number of halogens is 1. The first-order chi connectivity index (χ1) is 18.7. The molecule has 0 aliphatic carbocycles. The van der Waals surface area contributed by atoms with Gasteiger partial charge in [0.2, 0.25) is 11.6 Å². The number of rotatable bonds is 6. The van der Waals surface area contributed by atoms with Crippen LogP contribution < -0.4 is 5.32 Å². The molecule has 0 saturated carbocycles. The van der Waals surface area contributed by atoms with Gasteiger partial charge >= 0.3 is 0 Å². The van der Waals surface area contributed by atoms with Gasteiger partial charge in [-0.15, -0.1) is 0 Å². The number of hydrogen-bond acceptors (Lipinski definition) is 4. The molecule has 1 amide bonds. The highest BCUT2D eigenvalue weighted by atomic mass is 35.5. The van der Waals surface area contributed by atoms with Gasteiger partial charge < -0.3 is 9.73 Å². The van der Waals surface area contributed by atoms with E-state index in [-0.39, 0.29) is 5.91 Å². The molecular formula is C32H22ClN3O2. The highest BCUT2D eigenvalue weighted by Gasteiger charge is 2.27. The molecule has 38 heavy (non-hydrogen) atoms. The molecule has 2 aromatic heterocycles. The predicted octanol–water partition coefficient (Wildman–Crippen LogP) is 7.98. The molecule has 0 atom stereocenters. The molecule has 0 saturated heterocycles. The maximum absolute atomic E-state index is 13.9. The quantitative estimate of drug-likeness (QED) is 0.244. The Morgan fingerprint density at radius 1 is 0.711 bits per heavy atom. The molecule has 5 nitrogen and oxygen atoms in total. The van der Waals surface area contributed by atoms with Crippen molar-refractivity contribution in [2.75, 3.05) is 5.32 Å². The highest BCUT2D eigenvalue weighted by molar-refractivity contribution is 6.30. The Hall–Kier alpha value is -4.74. The number of nitrogens with one attached hydrogen (secondary N) is 1. The van der Waals surface area contributed by atoms with Crippen LogP contribution in [0, 0.1) is 0 Å². The number of amides is 1. The summed E-state index contributed by atoms with van der Waals surface area (Å²) in [5.74, 6) is 0.294. The Labute approximate surface area is 224 Å². The SMILES string of the molecule is O=C(Nc1ncnc2oc(-c3ccc(Cl)cc3)c(-c3ccccc3)c12)C(c1ccccc1)c1ccccc1. The van der Waals surface area contributed by atoms with Crippen LogP contribution in [0.3, 0.4) is 0 Å². The second kappa shape index (κ2) is 10.3. The number of benzene rings is 4. The molecule has 2 heterocycles. The number of hydrogen-bond donors (Lipinski definition) is 1. The Kier molecular flexibility index (Phi) is 6.42. The van der Waals surface area contributed by atoms with Gasteiger partial charge in [0, 0.05) is 16.1 Å². The number of fused-ring (bicyclic) bond motifs is 1. The fraction of sp³-hybridized carbons (Fsp3) is 0.0312. The van der Waals surface area contributed by atoms with E-state index >= 15 is 0 Å². The van der Waals surface area contributed by atoms with Gasteiger partial charge in [-0.3, -0.25) is 4.79 Å². The lowest BCUT2D eigenvalue weighted by molar-refractivity contribution is -0.116. The molecule has 0 radical (unpaired) electrons. The summed E-state index contributed by atoms with van der Waals surface area (Å²) in [5, 5.41) is 4.36. The van der Waals surface area contributed by atoms with Crippen LogP contribution in [-0.2, 0) is 4.79 Å². The molecule has 0 spiro atoms. The van der Waals surface area contributed by atoms with Crippen molar-refractivity contribution < 1.29 is 9.21 Å². The minimum absolute atomic E-state index is 0.198. The number of anilines is 1. The fourth-order valence-electron chi connectivity index (χ4n) is 4.69. The second-order valence-corrected chi connectivity index (χ2v) is 9.26. The van der Waals surface area contributed by atoms with Crippen LogP contribution in [0.15, 0.2) is 126 Å². The number of furan rings is 1. The van der Waals surface area contributed by atoms with E-state index in [1.54, 1.807) is 0 Å². The zero-order valence-corrected chi connectivity index (χ0v) is 21.0. The summed E-state index contributed by atoms with van der Waals surface area (Å²) in [6, 6.07) is 36.8. The second-order valence-electron chi connectivity index (χ2n) is 8.83. The van der Waals surface area contributed by atoms with E-state index in [9.17, 15) is 4.79 Å². The Balaban J connectivity index is 1.50. The summed E-state index contributed by atoms with van der Waals surface area (Å²) in [7, 11) is 0. The van der Waals surface area contributed by atoms with Crippen LogP contribution >= 0.6 is 11.6 Å². The number of carbonyl (C=O) groups is 1. The average Bonchev–Trinajstić information content (AvgIpc) is 3.36. The summed E-state index contributed by atoms with van der Waals surface area (Å²) in [6.45, 7) is 0. The molecule has 0 aliphatic heterocycles. The zero-order chi connectivity index (χ0) is 25.9. The number of nitrogens with zero attached hydrogens (tertiary/aromatic N) is 2. The Morgan fingerprint density at radius 3 is 1.89 bits per heavy atom. The predicted molar refractivity (Wildman–Crippen MR) is 151 cm³/mol. The molecule has 0 aliphatic rings. The van der Waals surface area contributed by atoms with E-state index in [2.05, 4.69) is 15.3 Å². The van der Waals surface area contributed by atoms with E-state index in [4.69, 9.17) is 16.0 Å². The van der Waals surface area contributed by atoms with Gasteiger partial charge in [-0.1, -0.05) is 103 Å². The van der Waals surface area contributed by atoms with E-state index in [1.807, 2.05) is 115 Å². The first kappa shape index (κ1) is 23.6. The monoisotopic (exact) mass is 515 g/mol. The van der Waals surface area contributed by atoms with Gasteiger partial charge in [-0.05, 0) is 41.0 Å². The van der Waals surface area contributed by atoms with Crippen molar-refractivity contribution in [3.05, 3.63) is 138 Å². The van der Waals surface area contributed by atoms with Gasteiger partial charge in [0.25, 0.3) is 0 Å². The lowest BCUT2D eigenvalue weighted by atomic mass is 9.90. The summed E-state index contributed by atoms with van der Waals surface area (Å²) in [5.41, 5.74) is 4.72. The number of aromatic nitrogens is 2. The maximum atomic E-state index is 13.9. The average molecular weight is 516 g/mol. The fourth-order valence-corrected chi connectivity index (χ4v) is 4.81. The van der Waals surface area contributed by atoms with Crippen LogP contribution in [0.25, 0.3) is 33.6 Å². The minimum atomic E-state index is -0.523. The van der Waals surface area contributed by atoms with Crippen LogP contribution in [0.1, 0.15) is 17.0 Å². The third-order valence-corrected chi connectivity index (χ3v) is 6.68. The van der Waals surface area contributed by atoms with Crippen LogP contribution in [0.2, 0.25) is 5.02 Å². The van der Waals surface area contributed by atoms with Crippen LogP contribution in [0.4, 0.5) is 5.82 Å². The van der Waals surface area contributed by atoms with Crippen LogP contribution in [0.5, 0.6) is 0 Å². The largest absolute Gasteiger partial charge is 0.437 e. The lowest BCUT2D eigenvalue weighted by Crippen LogP contribution is -2.23. The lowest BCUT2D eigenvalue weighted by Gasteiger charge is -2.18. The normalized spacial score (nSPS) is 11.1. The molecule has 6 heteroatoms. The van der Waals surface area contributed by atoms with Crippen molar-refractivity contribution in [1.82, 2.24) is 9.97 Å². The van der Waals surface area contributed by atoms with Gasteiger partial charge in [-0.2, -0.15) is 0 Å². The molecule has 0 unspecified atom stereocenters. The number of carbonyl (C=O) groups excluding carboxylic acids is 1. The van der Waals surface area contributed by atoms with E-state index in [0.717, 1.165) is 27.8 Å². The Morgan fingerprint density at radius 2 is 1.29 bits per heavy atom. The van der Waals surface area contributed by atoms with Crippen molar-refractivity contribution in [2.24, 2.45) is 0 Å². The minimum Gasteiger partial charge on any atom is -0.437 e. The van der Waals surface area contributed by atoms with E-state index in [1.165, 1.54) is 6.33 Å². The van der Waals surface area contributed by atoms with Gasteiger partial charge in [-0.25, -0.2) is 9.97 Å². The molecule has 184 valence electrons. The molecule has 0 fully saturated rings. The summed E-state index contributed by atoms with van der Waals surface area (Å²) >= 11 is 6.15. The standard InChI is InChI=1S/C32H22ClN3O2/c33-25-18-16-24(17-19-25)29-27(23-14-8-3-9-15-23)28-30(34-20-35-32(28)38-29)36-31(37)26(21-10-4-1-5-11-21)22-12-6-2-7-13-22/h1-20,26H,(H,34,35,36,37). The van der Waals surface area contributed by atoms with E-state index in [0.29, 0.717) is 27.7 Å².